The van der Waals surface area contributed by atoms with Gasteiger partial charge in [0.2, 0.25) is 0 Å². The van der Waals surface area contributed by atoms with Crippen molar-refractivity contribution in [2.45, 2.75) is 105 Å². The summed E-state index contributed by atoms with van der Waals surface area (Å²) in [5.74, 6) is 0. The second-order valence-electron chi connectivity index (χ2n) is 13.9. The maximum absolute atomic E-state index is 2.38. The Bertz CT molecular complexity index is 1610. The van der Waals surface area contributed by atoms with Gasteiger partial charge in [-0.2, -0.15) is 24.3 Å². The van der Waals surface area contributed by atoms with Gasteiger partial charge in [-0.3, -0.25) is 0 Å². The molecule has 0 aliphatic rings. The van der Waals surface area contributed by atoms with E-state index in [0.717, 1.165) is 0 Å². The van der Waals surface area contributed by atoms with Crippen molar-refractivity contribution in [1.29, 1.82) is 0 Å². The molecule has 6 aromatic rings. The fraction of sp³-hybridized carbons (Fsp3) is 0.320. The Hall–Kier alpha value is -3.03. The van der Waals surface area contributed by atoms with Crippen molar-refractivity contribution < 1.29 is 17.4 Å². The van der Waals surface area contributed by atoms with Crippen molar-refractivity contribution in [2.75, 3.05) is 0 Å². The summed E-state index contributed by atoms with van der Waals surface area (Å²) in [4.78, 5) is 0. The molecule has 0 heterocycles. The van der Waals surface area contributed by atoms with Crippen LogP contribution in [0.2, 0.25) is 0 Å². The molecule has 276 valence electrons. The molecule has 0 aliphatic carbocycles. The summed E-state index contributed by atoms with van der Waals surface area (Å²) < 4.78 is 0. The molecule has 0 N–H and O–H groups in total. The van der Waals surface area contributed by atoms with Gasteiger partial charge >= 0.3 is 17.4 Å². The van der Waals surface area contributed by atoms with Crippen molar-refractivity contribution in [3.8, 4) is 0 Å². The standard InChI is InChI=1S/2C25H30P.Cr/c2*1-3-5-13-21-15-7-11-19-24(21)26(23-17-9-10-18-23)25-20-12-8-16-22(25)14-6-4-2;/h2*7-12,15-20H,3-6,13-14H2,1-2H3;/q2*-1;+2. The van der Waals surface area contributed by atoms with Crippen molar-refractivity contribution in [2.24, 2.45) is 0 Å². The average molecular weight is 775 g/mol. The largest absolute Gasteiger partial charge is 2.00 e. The number of benzene rings is 4. The van der Waals surface area contributed by atoms with Gasteiger partial charge in [-0.25, -0.2) is 24.3 Å². The average Bonchev–Trinajstić information content (AvgIpc) is 3.93. The molecule has 0 fully saturated rings. The van der Waals surface area contributed by atoms with Crippen LogP contribution in [0.15, 0.2) is 146 Å². The molecule has 0 amide bonds. The van der Waals surface area contributed by atoms with Crippen LogP contribution in [0.1, 0.15) is 101 Å². The Kier molecular flexibility index (Phi) is 19.1. The molecule has 0 saturated carbocycles. The van der Waals surface area contributed by atoms with Gasteiger partial charge in [0.1, 0.15) is 0 Å². The fourth-order valence-electron chi connectivity index (χ4n) is 7.07. The Morgan fingerprint density at radius 1 is 0.358 bits per heavy atom. The third-order valence-electron chi connectivity index (χ3n) is 9.94. The molecular formula is C50H60CrP2. The number of unbranched alkanes of at least 4 members (excludes halogenated alkanes) is 4. The van der Waals surface area contributed by atoms with Crippen LogP contribution in [0.3, 0.4) is 0 Å². The number of hydrogen-bond acceptors (Lipinski definition) is 0. The first-order valence-electron chi connectivity index (χ1n) is 20.0. The third-order valence-corrected chi connectivity index (χ3v) is 15.2. The molecular weight excluding hydrogens is 714 g/mol. The van der Waals surface area contributed by atoms with E-state index in [1.165, 1.54) is 110 Å². The monoisotopic (exact) mass is 774 g/mol. The van der Waals surface area contributed by atoms with Gasteiger partial charge in [-0.05, 0) is 111 Å². The molecule has 0 aliphatic heterocycles. The minimum atomic E-state index is -0.484. The van der Waals surface area contributed by atoms with Crippen LogP contribution in [0.25, 0.3) is 0 Å². The van der Waals surface area contributed by atoms with Crippen molar-refractivity contribution in [1.82, 2.24) is 0 Å². The minimum Gasteiger partial charge on any atom is -0.213 e. The molecule has 53 heavy (non-hydrogen) atoms. The Morgan fingerprint density at radius 2 is 0.623 bits per heavy atom. The zero-order valence-corrected chi connectivity index (χ0v) is 35.7. The summed E-state index contributed by atoms with van der Waals surface area (Å²) in [6.45, 7) is 9.12. The molecule has 0 nitrogen and oxygen atoms in total. The Balaban J connectivity index is 0.000000232. The number of rotatable bonds is 18. The molecule has 6 rings (SSSR count). The van der Waals surface area contributed by atoms with Crippen LogP contribution >= 0.6 is 15.8 Å². The summed E-state index contributed by atoms with van der Waals surface area (Å²) >= 11 is 0. The number of aryl methyl sites for hydroxylation is 4. The van der Waals surface area contributed by atoms with E-state index in [1.807, 2.05) is 0 Å². The molecule has 0 atom stereocenters. The summed E-state index contributed by atoms with van der Waals surface area (Å²) in [5, 5.41) is 9.15. The van der Waals surface area contributed by atoms with Gasteiger partial charge in [0.15, 0.2) is 0 Å². The Labute approximate surface area is 335 Å². The van der Waals surface area contributed by atoms with E-state index in [9.17, 15) is 0 Å². The van der Waals surface area contributed by atoms with Gasteiger partial charge in [0.05, 0.1) is 0 Å². The predicted molar refractivity (Wildman–Crippen MR) is 236 cm³/mol. The second-order valence-corrected chi connectivity index (χ2v) is 18.2. The normalized spacial score (nSPS) is 11.0. The van der Waals surface area contributed by atoms with E-state index < -0.39 is 15.8 Å². The number of hydrogen-bond donors (Lipinski definition) is 0. The maximum atomic E-state index is 2.38. The molecule has 0 spiro atoms. The summed E-state index contributed by atoms with van der Waals surface area (Å²) in [6.07, 6.45) is 14.8. The summed E-state index contributed by atoms with van der Waals surface area (Å²) in [7, 11) is -0.967. The van der Waals surface area contributed by atoms with E-state index in [0.29, 0.717) is 0 Å². The first kappa shape index (κ1) is 42.7. The third kappa shape index (κ3) is 12.0. The molecule has 6 aromatic carbocycles. The van der Waals surface area contributed by atoms with E-state index in [2.05, 4.69) is 173 Å². The molecule has 3 heteroatoms. The van der Waals surface area contributed by atoms with Gasteiger partial charge < -0.3 is 0 Å². The summed E-state index contributed by atoms with van der Waals surface area (Å²) in [6, 6.07) is 54.6. The first-order chi connectivity index (χ1) is 25.7. The Morgan fingerprint density at radius 3 is 0.849 bits per heavy atom. The zero-order valence-electron chi connectivity index (χ0n) is 32.6. The quantitative estimate of drug-likeness (QED) is 0.0603. The van der Waals surface area contributed by atoms with Crippen molar-refractivity contribution in [3.63, 3.8) is 0 Å². The van der Waals surface area contributed by atoms with Crippen LogP contribution in [0.5, 0.6) is 0 Å². The van der Waals surface area contributed by atoms with E-state index in [1.54, 1.807) is 21.2 Å². The van der Waals surface area contributed by atoms with Crippen LogP contribution in [0, 0.1) is 0 Å². The first-order valence-corrected chi connectivity index (χ1v) is 22.7. The summed E-state index contributed by atoms with van der Waals surface area (Å²) in [5.41, 5.74) is 6.14. The molecule has 0 unspecified atom stereocenters. The van der Waals surface area contributed by atoms with Gasteiger partial charge in [-0.1, -0.05) is 150 Å². The van der Waals surface area contributed by atoms with Crippen molar-refractivity contribution in [3.05, 3.63) is 168 Å². The van der Waals surface area contributed by atoms with Crippen molar-refractivity contribution >= 4 is 47.7 Å². The zero-order chi connectivity index (χ0) is 36.4. The minimum absolute atomic E-state index is 0. The predicted octanol–water partition coefficient (Wildman–Crippen LogP) is 11.7. The van der Waals surface area contributed by atoms with E-state index in [4.69, 9.17) is 0 Å². The molecule has 0 bridgehead atoms. The topological polar surface area (TPSA) is 0 Å². The van der Waals surface area contributed by atoms with Crippen LogP contribution in [-0.4, -0.2) is 0 Å². The molecule has 0 aromatic heterocycles. The van der Waals surface area contributed by atoms with Crippen LogP contribution < -0.4 is 31.8 Å². The van der Waals surface area contributed by atoms with Gasteiger partial charge in [0.25, 0.3) is 0 Å². The second kappa shape index (κ2) is 23.7. The molecule has 0 radical (unpaired) electrons. The van der Waals surface area contributed by atoms with Crippen LogP contribution in [0.4, 0.5) is 0 Å². The smallest absolute Gasteiger partial charge is 0.213 e. The van der Waals surface area contributed by atoms with Crippen LogP contribution in [-0.2, 0) is 43.0 Å². The van der Waals surface area contributed by atoms with E-state index in [-0.39, 0.29) is 17.4 Å². The van der Waals surface area contributed by atoms with Gasteiger partial charge in [-0.15, -0.1) is 10.6 Å². The molecule has 0 saturated heterocycles. The fourth-order valence-corrected chi connectivity index (χ4v) is 12.5. The van der Waals surface area contributed by atoms with E-state index >= 15 is 0 Å². The van der Waals surface area contributed by atoms with Gasteiger partial charge in [0, 0.05) is 0 Å². The SMILES string of the molecule is CCCCc1ccccc1P(c1ccc[cH-]1)c1ccccc1CCCC.CCCCc1ccccc1P(c1ccc[cH-]1)c1ccccc1CCCC.[Cr+2]. The maximum Gasteiger partial charge on any atom is 2.00 e.